The lowest BCUT2D eigenvalue weighted by atomic mass is 10.2. The highest BCUT2D eigenvalue weighted by atomic mass is 35.5. The number of carboxylic acids is 1. The Kier molecular flexibility index (Phi) is 4.17. The van der Waals surface area contributed by atoms with Crippen molar-refractivity contribution in [2.45, 2.75) is 19.8 Å². The third-order valence-electron chi connectivity index (χ3n) is 2.49. The Morgan fingerprint density at radius 3 is 2.79 bits per heavy atom. The third kappa shape index (κ3) is 3.11. The van der Waals surface area contributed by atoms with Crippen LogP contribution in [0.5, 0.6) is 0 Å². The van der Waals surface area contributed by atoms with E-state index in [2.05, 4.69) is 4.98 Å². The molecule has 0 atom stereocenters. The number of rotatable bonds is 4. The lowest BCUT2D eigenvalue weighted by Crippen LogP contribution is -1.98. The van der Waals surface area contributed by atoms with Crippen LogP contribution in [-0.4, -0.2) is 16.1 Å². The maximum atomic E-state index is 13.3. The summed E-state index contributed by atoms with van der Waals surface area (Å²) in [6.45, 7) is 1.95. The van der Waals surface area contributed by atoms with E-state index in [1.165, 1.54) is 12.1 Å². The van der Waals surface area contributed by atoms with Crippen molar-refractivity contribution in [1.29, 1.82) is 0 Å². The number of aryl methyl sites for hydroxylation is 1. The molecule has 1 heterocycles. The van der Waals surface area contributed by atoms with Crippen LogP contribution >= 0.6 is 22.9 Å². The van der Waals surface area contributed by atoms with Crippen LogP contribution in [0.4, 0.5) is 4.39 Å². The molecule has 1 N–H and O–H groups in total. The van der Waals surface area contributed by atoms with E-state index in [-0.39, 0.29) is 9.90 Å². The van der Waals surface area contributed by atoms with Gasteiger partial charge in [-0.3, -0.25) is 0 Å². The standard InChI is InChI=1S/C13H11ClFNO2S/c1-2-3-10-11(13(17)18)19-12(16-10)7-4-8(14)6-9(15)5-7/h4-6H,2-3H2,1H3,(H,17,18). The Balaban J connectivity index is 2.50. The normalized spacial score (nSPS) is 10.7. The van der Waals surface area contributed by atoms with Gasteiger partial charge in [0.15, 0.2) is 0 Å². The summed E-state index contributed by atoms with van der Waals surface area (Å²) in [4.78, 5) is 15.6. The van der Waals surface area contributed by atoms with Crippen LogP contribution < -0.4 is 0 Å². The van der Waals surface area contributed by atoms with Gasteiger partial charge in [0.2, 0.25) is 0 Å². The van der Waals surface area contributed by atoms with Gasteiger partial charge in [0, 0.05) is 10.6 Å². The van der Waals surface area contributed by atoms with Crippen molar-refractivity contribution in [1.82, 2.24) is 4.98 Å². The van der Waals surface area contributed by atoms with Gasteiger partial charge in [-0.2, -0.15) is 0 Å². The topological polar surface area (TPSA) is 50.2 Å². The Hall–Kier alpha value is -1.46. The van der Waals surface area contributed by atoms with Crippen LogP contribution in [0.15, 0.2) is 18.2 Å². The zero-order valence-electron chi connectivity index (χ0n) is 10.1. The molecule has 0 saturated heterocycles. The average molecular weight is 300 g/mol. The zero-order valence-corrected chi connectivity index (χ0v) is 11.7. The van der Waals surface area contributed by atoms with Gasteiger partial charge in [-0.25, -0.2) is 14.2 Å². The summed E-state index contributed by atoms with van der Waals surface area (Å²) in [7, 11) is 0. The molecule has 6 heteroatoms. The van der Waals surface area contributed by atoms with E-state index in [4.69, 9.17) is 16.7 Å². The molecule has 0 unspecified atom stereocenters. The van der Waals surface area contributed by atoms with E-state index in [1.807, 2.05) is 6.92 Å². The van der Waals surface area contributed by atoms with Crippen LogP contribution in [0.3, 0.4) is 0 Å². The van der Waals surface area contributed by atoms with Gasteiger partial charge in [0.25, 0.3) is 0 Å². The molecule has 0 radical (unpaired) electrons. The molecule has 0 bridgehead atoms. The number of aromatic carboxylic acids is 1. The van der Waals surface area contributed by atoms with Crippen LogP contribution in [0, 0.1) is 5.82 Å². The highest BCUT2D eigenvalue weighted by Gasteiger charge is 2.18. The summed E-state index contributed by atoms with van der Waals surface area (Å²) in [6, 6.07) is 4.07. The zero-order chi connectivity index (χ0) is 14.0. The highest BCUT2D eigenvalue weighted by molar-refractivity contribution is 7.17. The van der Waals surface area contributed by atoms with Crippen molar-refractivity contribution in [3.8, 4) is 10.6 Å². The van der Waals surface area contributed by atoms with Crippen LogP contribution in [0.25, 0.3) is 10.6 Å². The predicted octanol–water partition coefficient (Wildman–Crippen LogP) is 4.25. The van der Waals surface area contributed by atoms with Crippen LogP contribution in [-0.2, 0) is 6.42 Å². The average Bonchev–Trinajstić information content (AvgIpc) is 2.72. The first-order valence-corrected chi connectivity index (χ1v) is 6.90. The monoisotopic (exact) mass is 299 g/mol. The first kappa shape index (κ1) is 14.0. The van der Waals surface area contributed by atoms with Crippen LogP contribution in [0.2, 0.25) is 5.02 Å². The van der Waals surface area contributed by atoms with Crippen molar-refractivity contribution < 1.29 is 14.3 Å². The van der Waals surface area contributed by atoms with Crippen LogP contribution in [0.1, 0.15) is 28.7 Å². The van der Waals surface area contributed by atoms with E-state index in [1.54, 1.807) is 6.07 Å². The smallest absolute Gasteiger partial charge is 0.347 e. The minimum absolute atomic E-state index is 0.206. The minimum atomic E-state index is -1.00. The van der Waals surface area contributed by atoms with E-state index in [9.17, 15) is 9.18 Å². The van der Waals surface area contributed by atoms with Gasteiger partial charge in [-0.15, -0.1) is 11.3 Å². The van der Waals surface area contributed by atoms with Gasteiger partial charge in [-0.1, -0.05) is 24.9 Å². The third-order valence-corrected chi connectivity index (χ3v) is 3.84. The Bertz CT molecular complexity index is 607. The number of thiazole rings is 1. The summed E-state index contributed by atoms with van der Waals surface area (Å²) in [5.41, 5.74) is 1.04. The molecular formula is C13H11ClFNO2S. The summed E-state index contributed by atoms with van der Waals surface area (Å²) in [5.74, 6) is -1.47. The number of benzene rings is 1. The van der Waals surface area contributed by atoms with E-state index >= 15 is 0 Å². The molecule has 0 saturated carbocycles. The van der Waals surface area contributed by atoms with Gasteiger partial charge in [0.05, 0.1) is 5.69 Å². The maximum absolute atomic E-state index is 13.3. The second kappa shape index (κ2) is 5.67. The molecule has 1 aromatic carbocycles. The van der Waals surface area contributed by atoms with E-state index in [0.717, 1.165) is 17.8 Å². The Morgan fingerprint density at radius 1 is 1.47 bits per heavy atom. The Labute approximate surface area is 118 Å². The molecule has 1 aromatic heterocycles. The number of nitrogens with zero attached hydrogens (tertiary/aromatic N) is 1. The molecule has 19 heavy (non-hydrogen) atoms. The number of hydrogen-bond donors (Lipinski definition) is 1. The fourth-order valence-electron chi connectivity index (χ4n) is 1.73. The molecule has 0 spiro atoms. The number of hydrogen-bond acceptors (Lipinski definition) is 3. The second-order valence-corrected chi connectivity index (χ2v) is 5.44. The predicted molar refractivity (Wildman–Crippen MR) is 73.5 cm³/mol. The quantitative estimate of drug-likeness (QED) is 0.918. The molecular weight excluding hydrogens is 289 g/mol. The number of aromatic nitrogens is 1. The van der Waals surface area contributed by atoms with Crippen molar-refractivity contribution in [2.75, 3.05) is 0 Å². The van der Waals surface area contributed by atoms with Gasteiger partial charge in [-0.05, 0) is 24.6 Å². The van der Waals surface area contributed by atoms with Crippen molar-refractivity contribution in [3.05, 3.63) is 39.6 Å². The number of carbonyl (C=O) groups is 1. The van der Waals surface area contributed by atoms with Crippen molar-refractivity contribution in [2.24, 2.45) is 0 Å². The molecule has 0 aliphatic carbocycles. The molecule has 0 amide bonds. The number of carboxylic acid groups (broad SMARTS) is 1. The molecule has 3 nitrogen and oxygen atoms in total. The molecule has 100 valence electrons. The minimum Gasteiger partial charge on any atom is -0.477 e. The first-order valence-electron chi connectivity index (χ1n) is 5.70. The van der Waals surface area contributed by atoms with Crippen molar-refractivity contribution >= 4 is 28.9 Å². The molecule has 2 aromatic rings. The Morgan fingerprint density at radius 2 is 2.21 bits per heavy atom. The van der Waals surface area contributed by atoms with Gasteiger partial charge < -0.3 is 5.11 Å². The maximum Gasteiger partial charge on any atom is 0.347 e. The lowest BCUT2D eigenvalue weighted by Gasteiger charge is -1.98. The van der Waals surface area contributed by atoms with E-state index < -0.39 is 11.8 Å². The van der Waals surface area contributed by atoms with Crippen molar-refractivity contribution in [3.63, 3.8) is 0 Å². The fraction of sp³-hybridized carbons (Fsp3) is 0.231. The lowest BCUT2D eigenvalue weighted by molar-refractivity contribution is 0.0700. The molecule has 0 fully saturated rings. The van der Waals surface area contributed by atoms with Gasteiger partial charge in [0.1, 0.15) is 15.7 Å². The largest absolute Gasteiger partial charge is 0.477 e. The summed E-state index contributed by atoms with van der Waals surface area (Å²) in [6.07, 6.45) is 1.38. The SMILES string of the molecule is CCCc1nc(-c2cc(F)cc(Cl)c2)sc1C(=O)O. The first-order chi connectivity index (χ1) is 9.01. The molecule has 2 rings (SSSR count). The second-order valence-electron chi connectivity index (χ2n) is 4.01. The van der Waals surface area contributed by atoms with Gasteiger partial charge >= 0.3 is 5.97 Å². The summed E-state index contributed by atoms with van der Waals surface area (Å²) < 4.78 is 13.3. The molecule has 0 aliphatic heterocycles. The highest BCUT2D eigenvalue weighted by Crippen LogP contribution is 2.31. The molecule has 0 aliphatic rings. The summed E-state index contributed by atoms with van der Waals surface area (Å²) in [5, 5.41) is 9.87. The van der Waals surface area contributed by atoms with E-state index in [0.29, 0.717) is 22.7 Å². The fourth-order valence-corrected chi connectivity index (χ4v) is 2.89. The number of halogens is 2. The summed E-state index contributed by atoms with van der Waals surface area (Å²) >= 11 is 6.83.